The molecule has 1 spiro atoms. The SMILES string of the molecule is O=C(CNc1ccc(Cl)c(F)c1)NN1C(=O)NC2(CCCCC2)C1=O. The summed E-state index contributed by atoms with van der Waals surface area (Å²) in [5.74, 6) is -1.63. The van der Waals surface area contributed by atoms with Crippen LogP contribution in [0.5, 0.6) is 0 Å². The quantitative estimate of drug-likeness (QED) is 0.710. The van der Waals surface area contributed by atoms with Gasteiger partial charge >= 0.3 is 6.03 Å². The number of anilines is 1. The van der Waals surface area contributed by atoms with Gasteiger partial charge in [-0.15, -0.1) is 0 Å². The van der Waals surface area contributed by atoms with E-state index in [4.69, 9.17) is 11.6 Å². The molecule has 9 heteroatoms. The van der Waals surface area contributed by atoms with E-state index in [-0.39, 0.29) is 11.6 Å². The number of hydrogen-bond acceptors (Lipinski definition) is 4. The van der Waals surface area contributed by atoms with E-state index < -0.39 is 29.2 Å². The fourth-order valence-electron chi connectivity index (χ4n) is 3.17. The average Bonchev–Trinajstić information content (AvgIpc) is 2.81. The van der Waals surface area contributed by atoms with Crippen molar-refractivity contribution in [3.8, 4) is 0 Å². The minimum atomic E-state index is -0.894. The highest BCUT2D eigenvalue weighted by molar-refractivity contribution is 6.30. The zero-order chi connectivity index (χ0) is 18.0. The van der Waals surface area contributed by atoms with E-state index in [0.29, 0.717) is 18.5 Å². The molecule has 1 saturated carbocycles. The molecule has 0 aromatic heterocycles. The van der Waals surface area contributed by atoms with Crippen LogP contribution in [0.2, 0.25) is 5.02 Å². The Kier molecular flexibility index (Phi) is 4.80. The van der Waals surface area contributed by atoms with Crippen LogP contribution in [0.25, 0.3) is 0 Å². The van der Waals surface area contributed by atoms with Crippen LogP contribution in [0.3, 0.4) is 0 Å². The molecule has 7 nitrogen and oxygen atoms in total. The molecule has 0 radical (unpaired) electrons. The highest BCUT2D eigenvalue weighted by Gasteiger charge is 2.52. The highest BCUT2D eigenvalue weighted by atomic mass is 35.5. The number of rotatable bonds is 4. The van der Waals surface area contributed by atoms with E-state index in [9.17, 15) is 18.8 Å². The molecule has 0 atom stereocenters. The number of carbonyl (C=O) groups excluding carboxylic acids is 3. The van der Waals surface area contributed by atoms with Gasteiger partial charge in [0.05, 0.1) is 11.6 Å². The summed E-state index contributed by atoms with van der Waals surface area (Å²) in [7, 11) is 0. The minimum Gasteiger partial charge on any atom is -0.376 e. The van der Waals surface area contributed by atoms with E-state index in [0.717, 1.165) is 30.3 Å². The Hall–Kier alpha value is -2.35. The third-order valence-electron chi connectivity index (χ3n) is 4.48. The maximum Gasteiger partial charge on any atom is 0.344 e. The highest BCUT2D eigenvalue weighted by Crippen LogP contribution is 2.32. The van der Waals surface area contributed by atoms with Gasteiger partial charge in [0.15, 0.2) is 0 Å². The Morgan fingerprint density at radius 3 is 2.68 bits per heavy atom. The van der Waals surface area contributed by atoms with E-state index in [1.54, 1.807) is 0 Å². The first-order valence-electron chi connectivity index (χ1n) is 8.06. The molecule has 0 bridgehead atoms. The zero-order valence-corrected chi connectivity index (χ0v) is 14.2. The molecule has 4 amide bonds. The smallest absolute Gasteiger partial charge is 0.344 e. The zero-order valence-electron chi connectivity index (χ0n) is 13.4. The second-order valence-electron chi connectivity index (χ2n) is 6.23. The number of nitrogens with zero attached hydrogens (tertiary/aromatic N) is 1. The van der Waals surface area contributed by atoms with Gasteiger partial charge in [0.1, 0.15) is 11.4 Å². The van der Waals surface area contributed by atoms with Gasteiger partial charge in [0.2, 0.25) is 0 Å². The van der Waals surface area contributed by atoms with Gasteiger partial charge in [-0.1, -0.05) is 30.9 Å². The van der Waals surface area contributed by atoms with Crippen LogP contribution in [0.4, 0.5) is 14.9 Å². The third-order valence-corrected chi connectivity index (χ3v) is 4.78. The average molecular weight is 369 g/mol. The van der Waals surface area contributed by atoms with Crippen molar-refractivity contribution in [1.29, 1.82) is 0 Å². The molecule has 2 aliphatic rings. The number of imide groups is 1. The minimum absolute atomic E-state index is 0.0212. The number of urea groups is 1. The Labute approximate surface area is 148 Å². The predicted octanol–water partition coefficient (Wildman–Crippen LogP) is 2.18. The first-order chi connectivity index (χ1) is 11.9. The summed E-state index contributed by atoms with van der Waals surface area (Å²) in [5, 5.41) is 6.12. The topological polar surface area (TPSA) is 90.5 Å². The molecule has 1 aliphatic heterocycles. The van der Waals surface area contributed by atoms with Crippen LogP contribution in [0, 0.1) is 5.82 Å². The van der Waals surface area contributed by atoms with E-state index >= 15 is 0 Å². The summed E-state index contributed by atoms with van der Waals surface area (Å²) >= 11 is 5.59. The molecule has 134 valence electrons. The first-order valence-corrected chi connectivity index (χ1v) is 8.44. The monoisotopic (exact) mass is 368 g/mol. The van der Waals surface area contributed by atoms with Crippen molar-refractivity contribution < 1.29 is 18.8 Å². The number of amides is 4. The number of halogens is 2. The fraction of sp³-hybridized carbons (Fsp3) is 0.438. The molecular weight excluding hydrogens is 351 g/mol. The van der Waals surface area contributed by atoms with Crippen molar-refractivity contribution in [3.63, 3.8) is 0 Å². The number of benzene rings is 1. The Morgan fingerprint density at radius 2 is 2.00 bits per heavy atom. The maximum absolute atomic E-state index is 13.4. The van der Waals surface area contributed by atoms with Crippen molar-refractivity contribution in [2.45, 2.75) is 37.6 Å². The predicted molar refractivity (Wildman–Crippen MR) is 89.2 cm³/mol. The summed E-state index contributed by atoms with van der Waals surface area (Å²) in [6.45, 7) is -0.231. The molecule has 3 rings (SSSR count). The van der Waals surface area contributed by atoms with E-state index in [1.165, 1.54) is 12.1 Å². The van der Waals surface area contributed by atoms with Gasteiger partial charge in [-0.25, -0.2) is 9.18 Å². The second kappa shape index (κ2) is 6.87. The molecule has 2 fully saturated rings. The molecule has 25 heavy (non-hydrogen) atoms. The van der Waals surface area contributed by atoms with Crippen molar-refractivity contribution in [2.24, 2.45) is 0 Å². The molecule has 1 heterocycles. The Bertz CT molecular complexity index is 721. The van der Waals surface area contributed by atoms with Gasteiger partial charge in [-0.2, -0.15) is 5.01 Å². The van der Waals surface area contributed by atoms with Gasteiger partial charge in [-0.05, 0) is 31.0 Å². The van der Waals surface area contributed by atoms with Gasteiger partial charge in [-0.3, -0.25) is 15.0 Å². The summed E-state index contributed by atoms with van der Waals surface area (Å²) in [6.07, 6.45) is 3.90. The summed E-state index contributed by atoms with van der Waals surface area (Å²) in [5.41, 5.74) is 1.76. The Balaban J connectivity index is 1.58. The number of carbonyl (C=O) groups is 3. The van der Waals surface area contributed by atoms with Crippen molar-refractivity contribution in [2.75, 3.05) is 11.9 Å². The Morgan fingerprint density at radius 1 is 1.28 bits per heavy atom. The van der Waals surface area contributed by atoms with Crippen molar-refractivity contribution in [3.05, 3.63) is 29.0 Å². The number of hydrogen-bond donors (Lipinski definition) is 3. The molecule has 1 saturated heterocycles. The maximum atomic E-state index is 13.4. The van der Waals surface area contributed by atoms with E-state index in [2.05, 4.69) is 16.1 Å². The van der Waals surface area contributed by atoms with Crippen LogP contribution in [0.1, 0.15) is 32.1 Å². The van der Waals surface area contributed by atoms with Crippen LogP contribution < -0.4 is 16.1 Å². The van der Waals surface area contributed by atoms with Crippen molar-refractivity contribution in [1.82, 2.24) is 15.8 Å². The molecule has 1 aromatic rings. The lowest BCUT2D eigenvalue weighted by Crippen LogP contribution is -2.51. The standard InChI is InChI=1S/C16H18ClFN4O3/c17-11-5-4-10(8-12(11)18)19-9-13(23)21-22-14(24)16(20-15(22)25)6-2-1-3-7-16/h4-5,8,19H,1-3,6-7,9H2,(H,20,25)(H,21,23). The van der Waals surface area contributed by atoms with Crippen molar-refractivity contribution >= 4 is 35.1 Å². The molecule has 3 N–H and O–H groups in total. The van der Waals surface area contributed by atoms with Gasteiger partial charge in [0, 0.05) is 5.69 Å². The molecular formula is C16H18ClFN4O3. The van der Waals surface area contributed by atoms with Crippen LogP contribution in [-0.2, 0) is 9.59 Å². The molecule has 1 aromatic carbocycles. The number of hydrazine groups is 1. The largest absolute Gasteiger partial charge is 0.376 e. The lowest BCUT2D eigenvalue weighted by atomic mass is 9.82. The molecule has 1 aliphatic carbocycles. The lowest BCUT2D eigenvalue weighted by Gasteiger charge is -2.30. The summed E-state index contributed by atoms with van der Waals surface area (Å²) in [6, 6.07) is 3.41. The first kappa shape index (κ1) is 17.5. The van der Waals surface area contributed by atoms with Crippen LogP contribution in [-0.4, -0.2) is 34.9 Å². The van der Waals surface area contributed by atoms with E-state index in [1.807, 2.05) is 0 Å². The second-order valence-corrected chi connectivity index (χ2v) is 6.64. The van der Waals surface area contributed by atoms with Gasteiger partial charge < -0.3 is 10.6 Å². The van der Waals surface area contributed by atoms with Crippen LogP contribution in [0.15, 0.2) is 18.2 Å². The number of nitrogens with one attached hydrogen (secondary N) is 3. The third kappa shape index (κ3) is 3.53. The summed E-state index contributed by atoms with van der Waals surface area (Å²) < 4.78 is 13.4. The molecule has 0 unspecified atom stereocenters. The fourth-order valence-corrected chi connectivity index (χ4v) is 3.29. The summed E-state index contributed by atoms with van der Waals surface area (Å²) in [4.78, 5) is 36.6. The normalized spacial score (nSPS) is 19.0. The van der Waals surface area contributed by atoms with Gasteiger partial charge in [0.25, 0.3) is 11.8 Å². The van der Waals surface area contributed by atoms with Crippen LogP contribution >= 0.6 is 11.6 Å². The lowest BCUT2D eigenvalue weighted by molar-refractivity contribution is -0.139.